The second-order valence-electron chi connectivity index (χ2n) is 6.74. The van der Waals surface area contributed by atoms with Gasteiger partial charge in [0.2, 0.25) is 0 Å². The van der Waals surface area contributed by atoms with Gasteiger partial charge in [0.1, 0.15) is 11.9 Å². The number of methoxy groups -OCH3 is 1. The van der Waals surface area contributed by atoms with Gasteiger partial charge in [0.05, 0.1) is 12.8 Å². The van der Waals surface area contributed by atoms with E-state index < -0.39 is 23.9 Å². The van der Waals surface area contributed by atoms with Crippen molar-refractivity contribution in [1.29, 1.82) is 0 Å². The highest BCUT2D eigenvalue weighted by Gasteiger charge is 2.37. The number of anilines is 1. The summed E-state index contributed by atoms with van der Waals surface area (Å²) in [4.78, 5) is 32.3. The molecule has 142 valence electrons. The second kappa shape index (κ2) is 7.26. The maximum Gasteiger partial charge on any atom is 0.410 e. The zero-order valence-corrected chi connectivity index (χ0v) is 15.8. The van der Waals surface area contributed by atoms with Gasteiger partial charge in [0.25, 0.3) is 5.91 Å². The summed E-state index contributed by atoms with van der Waals surface area (Å²) in [5, 5.41) is 3.36. The van der Waals surface area contributed by atoms with Crippen LogP contribution in [-0.2, 0) is 28.8 Å². The van der Waals surface area contributed by atoms with Crippen molar-refractivity contribution in [3.8, 4) is 0 Å². The molecule has 1 atom stereocenters. The number of amides is 2. The van der Waals surface area contributed by atoms with Gasteiger partial charge in [-0.15, -0.1) is 11.3 Å². The van der Waals surface area contributed by atoms with Gasteiger partial charge >= 0.3 is 6.09 Å². The first-order valence-corrected chi connectivity index (χ1v) is 9.81. The molecule has 8 heteroatoms. The van der Waals surface area contributed by atoms with Crippen LogP contribution in [0.5, 0.6) is 0 Å². The van der Waals surface area contributed by atoms with Crippen molar-refractivity contribution >= 4 is 28.5 Å². The van der Waals surface area contributed by atoms with Crippen molar-refractivity contribution in [3.63, 3.8) is 0 Å². The third kappa shape index (κ3) is 3.41. The molecule has 4 rings (SSSR count). The molecule has 0 saturated carbocycles. The first kappa shape index (κ1) is 17.9. The number of rotatable bonds is 2. The van der Waals surface area contributed by atoms with Crippen molar-refractivity contribution < 1.29 is 18.7 Å². The third-order valence-corrected chi connectivity index (χ3v) is 6.14. The number of thiazole rings is 1. The van der Waals surface area contributed by atoms with E-state index in [-0.39, 0.29) is 0 Å². The molecule has 2 amide bonds. The van der Waals surface area contributed by atoms with E-state index in [0.717, 1.165) is 36.9 Å². The monoisotopic (exact) mass is 389 g/mol. The van der Waals surface area contributed by atoms with Crippen molar-refractivity contribution in [2.24, 2.45) is 0 Å². The number of nitrogens with one attached hydrogen (secondary N) is 1. The molecule has 6 nitrogen and oxygen atoms in total. The van der Waals surface area contributed by atoms with Crippen LogP contribution in [0.1, 0.15) is 40.6 Å². The molecule has 0 fully saturated rings. The van der Waals surface area contributed by atoms with Crippen LogP contribution in [0.3, 0.4) is 0 Å². The molecule has 0 saturated heterocycles. The van der Waals surface area contributed by atoms with Crippen LogP contribution in [0.2, 0.25) is 0 Å². The Bertz CT molecular complexity index is 875. The van der Waals surface area contributed by atoms with E-state index in [4.69, 9.17) is 4.74 Å². The molecule has 27 heavy (non-hydrogen) atoms. The maximum atomic E-state index is 13.8. The number of hydrogen-bond acceptors (Lipinski definition) is 5. The van der Waals surface area contributed by atoms with Gasteiger partial charge in [-0.05, 0) is 55.4 Å². The van der Waals surface area contributed by atoms with Gasteiger partial charge in [-0.3, -0.25) is 15.0 Å². The molecule has 1 aliphatic heterocycles. The fourth-order valence-electron chi connectivity index (χ4n) is 3.76. The Balaban J connectivity index is 1.65. The minimum absolute atomic E-state index is 0.331. The SMILES string of the molecule is COC(=O)N1CCc2ccc(F)cc2C1C(=O)Nc1nc2c(s1)CCCC2. The maximum absolute atomic E-state index is 13.8. The van der Waals surface area contributed by atoms with Crippen LogP contribution >= 0.6 is 11.3 Å². The van der Waals surface area contributed by atoms with Gasteiger partial charge < -0.3 is 4.74 Å². The van der Waals surface area contributed by atoms with Gasteiger partial charge in [-0.25, -0.2) is 14.2 Å². The Hall–Kier alpha value is -2.48. The number of aromatic nitrogens is 1. The number of carbonyl (C=O) groups excluding carboxylic acids is 2. The first-order valence-electron chi connectivity index (χ1n) is 8.99. The van der Waals surface area contributed by atoms with Crippen molar-refractivity contribution in [2.75, 3.05) is 19.0 Å². The molecule has 1 unspecified atom stereocenters. The lowest BCUT2D eigenvalue weighted by molar-refractivity contribution is -0.121. The molecule has 1 N–H and O–H groups in total. The number of aryl methyl sites for hydroxylation is 2. The lowest BCUT2D eigenvalue weighted by atomic mass is 9.92. The molecular weight excluding hydrogens is 369 g/mol. The molecule has 1 aliphatic carbocycles. The summed E-state index contributed by atoms with van der Waals surface area (Å²) in [5.74, 6) is -0.846. The normalized spacial score (nSPS) is 18.4. The Kier molecular flexibility index (Phi) is 4.82. The van der Waals surface area contributed by atoms with Gasteiger partial charge in [-0.2, -0.15) is 0 Å². The van der Waals surface area contributed by atoms with E-state index >= 15 is 0 Å². The average molecular weight is 389 g/mol. The van der Waals surface area contributed by atoms with E-state index in [1.54, 1.807) is 6.07 Å². The molecule has 0 radical (unpaired) electrons. The fraction of sp³-hybridized carbons (Fsp3) is 0.421. The van der Waals surface area contributed by atoms with Gasteiger partial charge in [-0.1, -0.05) is 6.07 Å². The summed E-state index contributed by atoms with van der Waals surface area (Å²) >= 11 is 1.48. The third-order valence-electron chi connectivity index (χ3n) is 5.07. The molecule has 0 spiro atoms. The minimum atomic E-state index is -0.946. The highest BCUT2D eigenvalue weighted by molar-refractivity contribution is 7.15. The number of nitrogens with zero attached hydrogens (tertiary/aromatic N) is 2. The van der Waals surface area contributed by atoms with E-state index in [9.17, 15) is 14.0 Å². The van der Waals surface area contributed by atoms with Crippen LogP contribution in [0.15, 0.2) is 18.2 Å². The molecule has 2 heterocycles. The molecule has 2 aromatic rings. The lowest BCUT2D eigenvalue weighted by Crippen LogP contribution is -2.45. The fourth-order valence-corrected chi connectivity index (χ4v) is 4.81. The molecular formula is C19H20FN3O3S. The number of benzene rings is 1. The Morgan fingerprint density at radius 2 is 2.11 bits per heavy atom. The molecule has 0 bridgehead atoms. The van der Waals surface area contributed by atoms with Gasteiger partial charge in [0, 0.05) is 11.4 Å². The van der Waals surface area contributed by atoms with Crippen molar-refractivity contribution in [2.45, 2.75) is 38.1 Å². The number of ether oxygens (including phenoxy) is 1. The zero-order chi connectivity index (χ0) is 19.0. The zero-order valence-electron chi connectivity index (χ0n) is 15.0. The first-order chi connectivity index (χ1) is 13.1. The van der Waals surface area contributed by atoms with Crippen molar-refractivity contribution in [1.82, 2.24) is 9.88 Å². The Morgan fingerprint density at radius 3 is 2.89 bits per heavy atom. The molecule has 2 aliphatic rings. The minimum Gasteiger partial charge on any atom is -0.453 e. The summed E-state index contributed by atoms with van der Waals surface area (Å²) < 4.78 is 18.7. The van der Waals surface area contributed by atoms with Crippen LogP contribution in [0.25, 0.3) is 0 Å². The largest absolute Gasteiger partial charge is 0.453 e. The van der Waals surface area contributed by atoms with E-state index in [0.29, 0.717) is 23.7 Å². The number of hydrogen-bond donors (Lipinski definition) is 1. The summed E-state index contributed by atoms with van der Waals surface area (Å²) in [6.45, 7) is 0.331. The lowest BCUT2D eigenvalue weighted by Gasteiger charge is -2.35. The van der Waals surface area contributed by atoms with E-state index in [1.165, 1.54) is 40.4 Å². The summed E-state index contributed by atoms with van der Waals surface area (Å²) in [6, 6.07) is 3.41. The predicted molar refractivity (Wildman–Crippen MR) is 99.3 cm³/mol. The van der Waals surface area contributed by atoms with Gasteiger partial charge in [0.15, 0.2) is 5.13 Å². The highest BCUT2D eigenvalue weighted by Crippen LogP contribution is 2.34. The molecule has 1 aromatic heterocycles. The quantitative estimate of drug-likeness (QED) is 0.854. The summed E-state index contributed by atoms with van der Waals surface area (Å²) in [6.07, 6.45) is 4.08. The number of fused-ring (bicyclic) bond motifs is 2. The Morgan fingerprint density at radius 1 is 1.30 bits per heavy atom. The van der Waals surface area contributed by atoms with E-state index in [2.05, 4.69) is 10.3 Å². The highest BCUT2D eigenvalue weighted by atomic mass is 32.1. The number of carbonyl (C=O) groups is 2. The second-order valence-corrected chi connectivity index (χ2v) is 7.83. The van der Waals surface area contributed by atoms with Crippen molar-refractivity contribution in [3.05, 3.63) is 45.7 Å². The average Bonchev–Trinajstić information content (AvgIpc) is 3.08. The van der Waals surface area contributed by atoms with E-state index in [1.807, 2.05) is 0 Å². The van der Waals surface area contributed by atoms with Crippen LogP contribution < -0.4 is 5.32 Å². The smallest absolute Gasteiger partial charge is 0.410 e. The standard InChI is InChI=1S/C19H20FN3O3S/c1-26-19(25)23-9-8-11-6-7-12(20)10-13(11)16(23)17(24)22-18-21-14-4-2-3-5-15(14)27-18/h6-7,10,16H,2-5,8-9H2,1H3,(H,21,22,24). The van der Waals surface area contributed by atoms with Crippen LogP contribution in [0.4, 0.5) is 14.3 Å². The predicted octanol–water partition coefficient (Wildman–Crippen LogP) is 3.47. The summed E-state index contributed by atoms with van der Waals surface area (Å²) in [5.41, 5.74) is 2.39. The molecule has 1 aromatic carbocycles. The van der Waals surface area contributed by atoms with Crippen LogP contribution in [0, 0.1) is 5.82 Å². The van der Waals surface area contributed by atoms with Crippen LogP contribution in [-0.4, -0.2) is 35.5 Å². The Labute approximate surface area is 160 Å². The number of halogens is 1. The topological polar surface area (TPSA) is 71.5 Å². The summed E-state index contributed by atoms with van der Waals surface area (Å²) in [7, 11) is 1.27.